The molecule has 0 aromatic heterocycles. The predicted octanol–water partition coefficient (Wildman–Crippen LogP) is 1.93. The average molecular weight is 321 g/mol. The Morgan fingerprint density at radius 2 is 2.17 bits per heavy atom. The van der Waals surface area contributed by atoms with Crippen LogP contribution >= 0.6 is 0 Å². The molecule has 2 rings (SSSR count). The van der Waals surface area contributed by atoms with Crippen LogP contribution in [-0.2, 0) is 16.0 Å². The number of aliphatic hydroxyl groups excluding tert-OH is 1. The largest absolute Gasteiger partial charge is 0.494 e. The van der Waals surface area contributed by atoms with E-state index in [1.54, 1.807) is 12.0 Å². The van der Waals surface area contributed by atoms with Gasteiger partial charge in [0.2, 0.25) is 5.91 Å². The molecule has 1 saturated heterocycles. The highest BCUT2D eigenvalue weighted by Gasteiger charge is 2.33. The highest BCUT2D eigenvalue weighted by molar-refractivity contribution is 5.76. The first-order valence-electron chi connectivity index (χ1n) is 8.26. The average Bonchev–Trinajstić information content (AvgIpc) is 2.91. The lowest BCUT2D eigenvalue weighted by atomic mass is 10.0. The third-order valence-electron chi connectivity index (χ3n) is 4.29. The molecular formula is C18H27NO4. The smallest absolute Gasteiger partial charge is 0.222 e. The summed E-state index contributed by atoms with van der Waals surface area (Å²) < 4.78 is 10.7. The molecule has 1 fully saturated rings. The van der Waals surface area contributed by atoms with E-state index in [0.29, 0.717) is 26.1 Å². The molecule has 1 amide bonds. The Bertz CT molecular complexity index is 532. The normalized spacial score (nSPS) is 20.8. The second kappa shape index (κ2) is 8.31. The molecule has 0 spiro atoms. The van der Waals surface area contributed by atoms with Crippen molar-refractivity contribution in [2.24, 2.45) is 0 Å². The number of hydrogen-bond donors (Lipinski definition) is 1. The maximum Gasteiger partial charge on any atom is 0.222 e. The summed E-state index contributed by atoms with van der Waals surface area (Å²) in [7, 11) is 1.57. The van der Waals surface area contributed by atoms with E-state index < -0.39 is 6.10 Å². The number of benzene rings is 1. The fourth-order valence-corrected chi connectivity index (χ4v) is 2.98. The Balaban J connectivity index is 1.79. The lowest BCUT2D eigenvalue weighted by Gasteiger charge is -2.15. The minimum atomic E-state index is -0.572. The molecule has 1 aromatic carbocycles. The topological polar surface area (TPSA) is 59.0 Å². The van der Waals surface area contributed by atoms with Crippen molar-refractivity contribution in [2.45, 2.75) is 45.3 Å². The fraction of sp³-hybridized carbons (Fsp3) is 0.611. The zero-order valence-corrected chi connectivity index (χ0v) is 14.2. The van der Waals surface area contributed by atoms with Crippen molar-refractivity contribution in [1.82, 2.24) is 4.90 Å². The van der Waals surface area contributed by atoms with Gasteiger partial charge in [-0.05, 0) is 43.9 Å². The van der Waals surface area contributed by atoms with E-state index >= 15 is 0 Å². The van der Waals surface area contributed by atoms with Crippen LogP contribution in [0.4, 0.5) is 0 Å². The lowest BCUT2D eigenvalue weighted by molar-refractivity contribution is -0.130. The van der Waals surface area contributed by atoms with E-state index in [9.17, 15) is 9.90 Å². The van der Waals surface area contributed by atoms with Crippen LogP contribution in [0.2, 0.25) is 0 Å². The van der Waals surface area contributed by atoms with Gasteiger partial charge in [-0.15, -0.1) is 0 Å². The predicted molar refractivity (Wildman–Crippen MR) is 88.7 cm³/mol. The molecule has 1 aliphatic rings. The van der Waals surface area contributed by atoms with Crippen molar-refractivity contribution in [3.63, 3.8) is 0 Å². The number of rotatable bonds is 7. The van der Waals surface area contributed by atoms with Gasteiger partial charge >= 0.3 is 0 Å². The van der Waals surface area contributed by atoms with Crippen molar-refractivity contribution in [1.29, 1.82) is 0 Å². The summed E-state index contributed by atoms with van der Waals surface area (Å²) in [6.45, 7) is 5.54. The molecule has 1 aromatic rings. The van der Waals surface area contributed by atoms with E-state index in [0.717, 1.165) is 24.2 Å². The Morgan fingerprint density at radius 1 is 1.39 bits per heavy atom. The highest BCUT2D eigenvalue weighted by Crippen LogP contribution is 2.20. The van der Waals surface area contributed by atoms with Crippen molar-refractivity contribution in [3.8, 4) is 5.75 Å². The van der Waals surface area contributed by atoms with E-state index in [4.69, 9.17) is 9.47 Å². The molecule has 5 heteroatoms. The minimum Gasteiger partial charge on any atom is -0.494 e. The van der Waals surface area contributed by atoms with Crippen LogP contribution in [0.15, 0.2) is 18.2 Å². The third kappa shape index (κ3) is 4.69. The van der Waals surface area contributed by atoms with E-state index in [-0.39, 0.29) is 12.0 Å². The van der Waals surface area contributed by atoms with Crippen LogP contribution in [0.25, 0.3) is 0 Å². The van der Waals surface area contributed by atoms with Gasteiger partial charge in [-0.1, -0.05) is 12.1 Å². The minimum absolute atomic E-state index is 0.0891. The number of hydrogen-bond acceptors (Lipinski definition) is 4. The lowest BCUT2D eigenvalue weighted by Crippen LogP contribution is -2.29. The molecule has 0 unspecified atom stereocenters. The van der Waals surface area contributed by atoms with Crippen LogP contribution in [-0.4, -0.2) is 54.9 Å². The first-order valence-corrected chi connectivity index (χ1v) is 8.26. The van der Waals surface area contributed by atoms with Gasteiger partial charge < -0.3 is 19.5 Å². The van der Waals surface area contributed by atoms with Crippen LogP contribution in [0, 0.1) is 6.92 Å². The SMILES string of the molecule is CCOc1ccc(CCCC(=O)N2C[C@H](OC)[C@@H](O)C2)cc1C. The summed E-state index contributed by atoms with van der Waals surface area (Å²) in [6, 6.07) is 6.18. The Kier molecular flexibility index (Phi) is 6.42. The maximum absolute atomic E-state index is 12.2. The number of aliphatic hydroxyl groups is 1. The number of β-amino-alcohol motifs (C(OH)–C–C–N with tert-alkyl or cyclic N) is 1. The van der Waals surface area contributed by atoms with Gasteiger partial charge in [-0.2, -0.15) is 0 Å². The molecule has 23 heavy (non-hydrogen) atoms. The monoisotopic (exact) mass is 321 g/mol. The summed E-state index contributed by atoms with van der Waals surface area (Å²) in [5, 5.41) is 9.78. The number of carbonyl (C=O) groups excluding carboxylic acids is 1. The highest BCUT2D eigenvalue weighted by atomic mass is 16.5. The molecule has 2 atom stereocenters. The summed E-state index contributed by atoms with van der Waals surface area (Å²) in [6.07, 6.45) is 1.33. The van der Waals surface area contributed by atoms with Crippen LogP contribution in [0.1, 0.15) is 30.9 Å². The molecule has 1 aliphatic heterocycles. The van der Waals surface area contributed by atoms with E-state index in [1.807, 2.05) is 19.9 Å². The zero-order chi connectivity index (χ0) is 16.8. The van der Waals surface area contributed by atoms with Crippen LogP contribution in [0.3, 0.4) is 0 Å². The number of likely N-dealkylation sites (tertiary alicyclic amines) is 1. The summed E-state index contributed by atoms with van der Waals surface area (Å²) in [4.78, 5) is 13.9. The fourth-order valence-electron chi connectivity index (χ4n) is 2.98. The number of nitrogens with zero attached hydrogens (tertiary/aromatic N) is 1. The second-order valence-corrected chi connectivity index (χ2v) is 6.03. The standard InChI is InChI=1S/C18H27NO4/c1-4-23-16-9-8-14(10-13(16)2)6-5-7-18(21)19-11-15(20)17(12-19)22-3/h8-10,15,17,20H,4-7,11-12H2,1-3H3/t15-,17-/m0/s1. The molecular weight excluding hydrogens is 294 g/mol. The van der Waals surface area contributed by atoms with Gasteiger partial charge in [0.05, 0.1) is 12.7 Å². The third-order valence-corrected chi connectivity index (χ3v) is 4.29. The van der Waals surface area contributed by atoms with Crippen molar-refractivity contribution in [3.05, 3.63) is 29.3 Å². The van der Waals surface area contributed by atoms with Gasteiger partial charge in [0.25, 0.3) is 0 Å². The second-order valence-electron chi connectivity index (χ2n) is 6.03. The van der Waals surface area contributed by atoms with Gasteiger partial charge in [0, 0.05) is 26.6 Å². The van der Waals surface area contributed by atoms with Crippen molar-refractivity contribution in [2.75, 3.05) is 26.8 Å². The molecule has 0 aliphatic carbocycles. The van der Waals surface area contributed by atoms with Gasteiger partial charge in [0.15, 0.2) is 0 Å². The molecule has 5 nitrogen and oxygen atoms in total. The molecule has 0 saturated carbocycles. The summed E-state index contributed by atoms with van der Waals surface area (Å²) >= 11 is 0. The van der Waals surface area contributed by atoms with Gasteiger partial charge in [-0.3, -0.25) is 4.79 Å². The van der Waals surface area contributed by atoms with E-state index in [1.165, 1.54) is 5.56 Å². The van der Waals surface area contributed by atoms with Crippen molar-refractivity contribution < 1.29 is 19.4 Å². The summed E-state index contributed by atoms with van der Waals surface area (Å²) in [5.41, 5.74) is 2.34. The van der Waals surface area contributed by atoms with Gasteiger partial charge in [-0.25, -0.2) is 0 Å². The number of methoxy groups -OCH3 is 1. The van der Waals surface area contributed by atoms with Crippen LogP contribution in [0.5, 0.6) is 5.75 Å². The van der Waals surface area contributed by atoms with E-state index in [2.05, 4.69) is 12.1 Å². The number of amides is 1. The quantitative estimate of drug-likeness (QED) is 0.834. The summed E-state index contributed by atoms with van der Waals surface area (Å²) in [5.74, 6) is 1.01. The molecule has 0 bridgehead atoms. The van der Waals surface area contributed by atoms with Gasteiger partial charge in [0.1, 0.15) is 11.9 Å². The Labute approximate surface area is 138 Å². The molecule has 0 radical (unpaired) electrons. The molecule has 1 heterocycles. The zero-order valence-electron chi connectivity index (χ0n) is 14.2. The maximum atomic E-state index is 12.2. The van der Waals surface area contributed by atoms with Crippen LogP contribution < -0.4 is 4.74 Å². The first kappa shape index (κ1) is 17.8. The number of aryl methyl sites for hydroxylation is 2. The van der Waals surface area contributed by atoms with Crippen molar-refractivity contribution >= 4 is 5.91 Å². The molecule has 1 N–H and O–H groups in total. The first-order chi connectivity index (χ1) is 11.0. The number of ether oxygens (including phenoxy) is 2. The number of carbonyl (C=O) groups is 1. The Morgan fingerprint density at radius 3 is 2.78 bits per heavy atom. The Hall–Kier alpha value is -1.59. The molecule has 128 valence electrons.